The van der Waals surface area contributed by atoms with E-state index in [0.29, 0.717) is 11.5 Å². The molecule has 1 aliphatic rings. The molecule has 0 bridgehead atoms. The Morgan fingerprint density at radius 3 is 2.80 bits per heavy atom. The van der Waals surface area contributed by atoms with Crippen LogP contribution < -0.4 is 5.32 Å². The summed E-state index contributed by atoms with van der Waals surface area (Å²) in [6.45, 7) is 8.12. The van der Waals surface area contributed by atoms with E-state index in [1.54, 1.807) is 0 Å². The predicted octanol–water partition coefficient (Wildman–Crippen LogP) is 4.25. The van der Waals surface area contributed by atoms with Crippen LogP contribution in [-0.2, 0) is 6.42 Å². The van der Waals surface area contributed by atoms with Crippen molar-refractivity contribution >= 4 is 21.6 Å². The smallest absolute Gasteiger partial charge is 0.0954 e. The van der Waals surface area contributed by atoms with Crippen LogP contribution in [0.5, 0.6) is 0 Å². The van der Waals surface area contributed by atoms with Gasteiger partial charge < -0.3 is 5.32 Å². The highest BCUT2D eigenvalue weighted by Crippen LogP contribution is 2.54. The lowest BCUT2D eigenvalue weighted by Crippen LogP contribution is -2.35. The molecule has 0 amide bonds. The highest BCUT2D eigenvalue weighted by Gasteiger charge is 2.49. The van der Waals surface area contributed by atoms with Crippen molar-refractivity contribution in [3.8, 4) is 0 Å². The average molecular weight is 288 g/mol. The van der Waals surface area contributed by atoms with Crippen LogP contribution in [0, 0.1) is 11.3 Å². The molecule has 1 fully saturated rings. The van der Waals surface area contributed by atoms with Crippen molar-refractivity contribution in [3.05, 3.63) is 29.3 Å². The lowest BCUT2D eigenvalue weighted by Gasteiger charge is -2.19. The number of fused-ring (bicyclic) bond motifs is 1. The maximum atomic E-state index is 4.80. The molecule has 2 nitrogen and oxygen atoms in total. The molecule has 108 valence electrons. The number of hydrogen-bond donors (Lipinski definition) is 1. The van der Waals surface area contributed by atoms with Gasteiger partial charge in [0.25, 0.3) is 0 Å². The number of nitrogens with zero attached hydrogens (tertiary/aromatic N) is 1. The molecule has 3 rings (SSSR count). The van der Waals surface area contributed by atoms with Crippen LogP contribution in [0.4, 0.5) is 0 Å². The van der Waals surface area contributed by atoms with Gasteiger partial charge in [-0.3, -0.25) is 0 Å². The Morgan fingerprint density at radius 2 is 2.15 bits per heavy atom. The average Bonchev–Trinajstić information content (AvgIpc) is 2.87. The van der Waals surface area contributed by atoms with Crippen LogP contribution in [0.3, 0.4) is 0 Å². The molecule has 0 spiro atoms. The third kappa shape index (κ3) is 2.89. The second-order valence-corrected chi connectivity index (χ2v) is 7.75. The summed E-state index contributed by atoms with van der Waals surface area (Å²) in [5, 5.41) is 5.03. The molecule has 1 aromatic carbocycles. The Balaban J connectivity index is 1.75. The van der Waals surface area contributed by atoms with E-state index >= 15 is 0 Å². The van der Waals surface area contributed by atoms with Gasteiger partial charge in [0.1, 0.15) is 0 Å². The van der Waals surface area contributed by atoms with Crippen LogP contribution in [-0.4, -0.2) is 17.6 Å². The Bertz CT molecular complexity index is 554. The molecule has 1 heterocycles. The molecule has 20 heavy (non-hydrogen) atoms. The van der Waals surface area contributed by atoms with Crippen LogP contribution in [0.1, 0.15) is 38.6 Å². The largest absolute Gasteiger partial charge is 0.313 e. The Kier molecular flexibility index (Phi) is 3.83. The summed E-state index contributed by atoms with van der Waals surface area (Å²) in [5.74, 6) is 0.807. The molecule has 2 unspecified atom stereocenters. The molecule has 1 aliphatic carbocycles. The second kappa shape index (κ2) is 5.45. The van der Waals surface area contributed by atoms with Crippen LogP contribution in [0.2, 0.25) is 0 Å². The Labute approximate surface area is 125 Å². The van der Waals surface area contributed by atoms with Gasteiger partial charge in [-0.1, -0.05) is 32.9 Å². The molecule has 0 aliphatic heterocycles. The van der Waals surface area contributed by atoms with E-state index in [-0.39, 0.29) is 0 Å². The van der Waals surface area contributed by atoms with Gasteiger partial charge in [-0.15, -0.1) is 11.3 Å². The minimum Gasteiger partial charge on any atom is -0.313 e. The van der Waals surface area contributed by atoms with Gasteiger partial charge >= 0.3 is 0 Å². The zero-order valence-corrected chi connectivity index (χ0v) is 13.5. The van der Waals surface area contributed by atoms with Gasteiger partial charge in [0.2, 0.25) is 0 Å². The van der Waals surface area contributed by atoms with E-state index in [1.807, 2.05) is 11.3 Å². The summed E-state index contributed by atoms with van der Waals surface area (Å²) in [4.78, 5) is 4.80. The number of para-hydroxylation sites is 1. The molecular weight excluding hydrogens is 264 g/mol. The fourth-order valence-corrected chi connectivity index (χ4v) is 4.10. The fraction of sp³-hybridized carbons (Fsp3) is 0.588. The van der Waals surface area contributed by atoms with Crippen molar-refractivity contribution in [2.45, 2.75) is 46.1 Å². The first-order valence-electron chi connectivity index (χ1n) is 7.68. The summed E-state index contributed by atoms with van der Waals surface area (Å²) < 4.78 is 1.31. The fourth-order valence-electron chi connectivity index (χ4n) is 3.08. The lowest BCUT2D eigenvalue weighted by atomic mass is 10.0. The van der Waals surface area contributed by atoms with E-state index in [9.17, 15) is 0 Å². The Hall–Kier alpha value is -0.930. The molecule has 2 atom stereocenters. The predicted molar refractivity (Wildman–Crippen MR) is 87.3 cm³/mol. The number of benzene rings is 1. The van der Waals surface area contributed by atoms with E-state index in [1.165, 1.54) is 22.5 Å². The number of hydrogen-bond acceptors (Lipinski definition) is 3. The molecule has 2 aromatic rings. The second-order valence-electron chi connectivity index (χ2n) is 6.64. The summed E-state index contributed by atoms with van der Waals surface area (Å²) >= 11 is 1.85. The molecule has 3 heteroatoms. The summed E-state index contributed by atoms with van der Waals surface area (Å²) in [6, 6.07) is 9.05. The third-order valence-corrected chi connectivity index (χ3v) is 5.52. The van der Waals surface area contributed by atoms with Crippen LogP contribution in [0.25, 0.3) is 10.2 Å². The highest BCUT2D eigenvalue weighted by atomic mass is 32.1. The first-order chi connectivity index (χ1) is 9.60. The van der Waals surface area contributed by atoms with Gasteiger partial charge in [0, 0.05) is 12.5 Å². The first-order valence-corrected chi connectivity index (χ1v) is 8.49. The van der Waals surface area contributed by atoms with Crippen molar-refractivity contribution in [2.24, 2.45) is 11.3 Å². The number of nitrogens with one attached hydrogen (secondary N) is 1. The van der Waals surface area contributed by atoms with Gasteiger partial charge in [0.15, 0.2) is 0 Å². The molecule has 0 radical (unpaired) electrons. The Morgan fingerprint density at radius 1 is 1.40 bits per heavy atom. The van der Waals surface area contributed by atoms with Gasteiger partial charge in [0.05, 0.1) is 15.2 Å². The number of rotatable bonds is 6. The van der Waals surface area contributed by atoms with Crippen molar-refractivity contribution in [1.29, 1.82) is 0 Å². The van der Waals surface area contributed by atoms with E-state index in [4.69, 9.17) is 4.98 Å². The number of thiazole rings is 1. The first kappa shape index (κ1) is 14.0. The monoisotopic (exact) mass is 288 g/mol. The standard InChI is InChI=1S/C17H24N2S/c1-4-9-18-14(12-11-17(12,2)3)10-16-19-13-7-5-6-8-15(13)20-16/h5-8,12,14,18H,4,9-11H2,1-3H3. The number of aromatic nitrogens is 1. The van der Waals surface area contributed by atoms with E-state index < -0.39 is 0 Å². The molecule has 0 saturated heterocycles. The normalized spacial score (nSPS) is 22.1. The van der Waals surface area contributed by atoms with Crippen LogP contribution >= 0.6 is 11.3 Å². The zero-order chi connectivity index (χ0) is 14.2. The minimum absolute atomic E-state index is 0.516. The van der Waals surface area contributed by atoms with Crippen molar-refractivity contribution in [3.63, 3.8) is 0 Å². The topological polar surface area (TPSA) is 24.9 Å². The van der Waals surface area contributed by atoms with Crippen molar-refractivity contribution in [2.75, 3.05) is 6.54 Å². The molecule has 1 N–H and O–H groups in total. The SMILES string of the molecule is CCCNC(Cc1nc2ccccc2s1)C1CC1(C)C. The van der Waals surface area contributed by atoms with Gasteiger partial charge in [-0.25, -0.2) is 4.98 Å². The molecular formula is C17H24N2S. The van der Waals surface area contributed by atoms with Crippen molar-refractivity contribution in [1.82, 2.24) is 10.3 Å². The summed E-state index contributed by atoms with van der Waals surface area (Å²) in [5.41, 5.74) is 1.67. The van der Waals surface area contributed by atoms with E-state index in [0.717, 1.165) is 24.4 Å². The van der Waals surface area contributed by atoms with Crippen molar-refractivity contribution < 1.29 is 0 Å². The van der Waals surface area contributed by atoms with Crippen LogP contribution in [0.15, 0.2) is 24.3 Å². The van der Waals surface area contributed by atoms with E-state index in [2.05, 4.69) is 50.4 Å². The quantitative estimate of drug-likeness (QED) is 0.859. The minimum atomic E-state index is 0.516. The molecule has 1 aromatic heterocycles. The molecule has 1 saturated carbocycles. The summed E-state index contributed by atoms with van der Waals surface area (Å²) in [7, 11) is 0. The summed E-state index contributed by atoms with van der Waals surface area (Å²) in [6.07, 6.45) is 3.62. The van der Waals surface area contributed by atoms with Gasteiger partial charge in [-0.05, 0) is 42.9 Å². The lowest BCUT2D eigenvalue weighted by molar-refractivity contribution is 0.402. The van der Waals surface area contributed by atoms with Gasteiger partial charge in [-0.2, -0.15) is 0 Å². The zero-order valence-electron chi connectivity index (χ0n) is 12.6. The maximum absolute atomic E-state index is 4.80. The third-order valence-electron chi connectivity index (χ3n) is 4.46. The highest BCUT2D eigenvalue weighted by molar-refractivity contribution is 7.18. The maximum Gasteiger partial charge on any atom is 0.0954 e.